The van der Waals surface area contributed by atoms with Gasteiger partial charge in [0.25, 0.3) is 0 Å². The molecule has 0 heterocycles. The van der Waals surface area contributed by atoms with Crippen molar-refractivity contribution in [3.63, 3.8) is 0 Å². The first-order valence-electron chi connectivity index (χ1n) is 6.54. The quantitative estimate of drug-likeness (QED) is 0.415. The van der Waals surface area contributed by atoms with Gasteiger partial charge in [-0.2, -0.15) is 0 Å². The van der Waals surface area contributed by atoms with Gasteiger partial charge in [-0.1, -0.05) is 6.92 Å². The molecule has 0 aliphatic rings. The fourth-order valence-corrected chi connectivity index (χ4v) is 4.93. The highest BCUT2D eigenvalue weighted by Crippen LogP contribution is 2.22. The molecule has 0 fully saturated rings. The molecule has 0 unspecified atom stereocenters. The molecule has 0 bridgehead atoms. The minimum atomic E-state index is -1.59. The third kappa shape index (κ3) is 6.63. The van der Waals surface area contributed by atoms with Crippen LogP contribution < -0.4 is 0 Å². The van der Waals surface area contributed by atoms with Crippen molar-refractivity contribution < 1.29 is 13.9 Å². The minimum absolute atomic E-state index is 0.797. The molecule has 4 heteroatoms. The molecule has 0 rings (SSSR count). The SMILES string of the molecule is CCOCC[Si](CC)(CCOCC)OCC. The summed E-state index contributed by atoms with van der Waals surface area (Å²) in [4.78, 5) is 0. The summed E-state index contributed by atoms with van der Waals surface area (Å²) in [5, 5.41) is 0. The number of hydrogen-bond acceptors (Lipinski definition) is 3. The molecule has 0 saturated carbocycles. The predicted molar refractivity (Wildman–Crippen MR) is 70.5 cm³/mol. The molecule has 0 aromatic heterocycles. The maximum absolute atomic E-state index is 6.05. The van der Waals surface area contributed by atoms with Crippen LogP contribution in [-0.4, -0.2) is 41.4 Å². The lowest BCUT2D eigenvalue weighted by Gasteiger charge is -2.29. The molecule has 0 spiro atoms. The van der Waals surface area contributed by atoms with Gasteiger partial charge < -0.3 is 13.9 Å². The lowest BCUT2D eigenvalue weighted by atomic mass is 10.8. The second-order valence-electron chi connectivity index (χ2n) is 3.86. The zero-order valence-corrected chi connectivity index (χ0v) is 12.4. The van der Waals surface area contributed by atoms with Crippen molar-refractivity contribution in [2.75, 3.05) is 33.0 Å². The smallest absolute Gasteiger partial charge is 0.197 e. The van der Waals surface area contributed by atoms with Crippen LogP contribution in [0.3, 0.4) is 0 Å². The molecule has 0 aliphatic carbocycles. The zero-order chi connectivity index (χ0) is 12.3. The molecule has 16 heavy (non-hydrogen) atoms. The van der Waals surface area contributed by atoms with Gasteiger partial charge in [-0.25, -0.2) is 0 Å². The van der Waals surface area contributed by atoms with Crippen LogP contribution in [0.15, 0.2) is 0 Å². The molecule has 3 nitrogen and oxygen atoms in total. The Bertz CT molecular complexity index is 143. The van der Waals surface area contributed by atoms with E-state index in [1.807, 2.05) is 13.8 Å². The third-order valence-corrected chi connectivity index (χ3v) is 7.33. The second-order valence-corrected chi connectivity index (χ2v) is 8.23. The van der Waals surface area contributed by atoms with Crippen molar-refractivity contribution in [1.29, 1.82) is 0 Å². The molecule has 0 radical (unpaired) electrons. The van der Waals surface area contributed by atoms with Crippen LogP contribution in [0, 0.1) is 0 Å². The Kier molecular flexibility index (Phi) is 10.3. The van der Waals surface area contributed by atoms with Crippen LogP contribution in [0.4, 0.5) is 0 Å². The fourth-order valence-electron chi connectivity index (χ4n) is 1.84. The summed E-state index contributed by atoms with van der Waals surface area (Å²) in [6, 6.07) is 3.34. The van der Waals surface area contributed by atoms with Crippen LogP contribution in [0.5, 0.6) is 0 Å². The predicted octanol–water partition coefficient (Wildman–Crippen LogP) is 3.06. The van der Waals surface area contributed by atoms with Gasteiger partial charge in [0.1, 0.15) is 0 Å². The average Bonchev–Trinajstić information content (AvgIpc) is 2.29. The molecule has 0 amide bonds. The zero-order valence-electron chi connectivity index (χ0n) is 11.4. The van der Waals surface area contributed by atoms with Crippen molar-refractivity contribution in [3.05, 3.63) is 0 Å². The number of ether oxygens (including phenoxy) is 2. The maximum Gasteiger partial charge on any atom is 0.197 e. The van der Waals surface area contributed by atoms with Crippen molar-refractivity contribution in [2.24, 2.45) is 0 Å². The van der Waals surface area contributed by atoms with Gasteiger partial charge in [-0.15, -0.1) is 0 Å². The molecule has 0 aromatic rings. The third-order valence-electron chi connectivity index (χ3n) is 2.91. The van der Waals surface area contributed by atoms with Crippen LogP contribution in [0.2, 0.25) is 18.1 Å². The maximum atomic E-state index is 6.05. The van der Waals surface area contributed by atoms with Crippen LogP contribution in [0.1, 0.15) is 27.7 Å². The summed E-state index contributed by atoms with van der Waals surface area (Å²) >= 11 is 0. The van der Waals surface area contributed by atoms with Crippen molar-refractivity contribution in [1.82, 2.24) is 0 Å². The highest BCUT2D eigenvalue weighted by molar-refractivity contribution is 6.73. The Labute approximate surface area is 102 Å². The van der Waals surface area contributed by atoms with Gasteiger partial charge in [-0.05, 0) is 38.9 Å². The van der Waals surface area contributed by atoms with Gasteiger partial charge in [0.05, 0.1) is 0 Å². The topological polar surface area (TPSA) is 27.7 Å². The van der Waals surface area contributed by atoms with Crippen LogP contribution >= 0.6 is 0 Å². The summed E-state index contributed by atoms with van der Waals surface area (Å²) in [7, 11) is -1.59. The van der Waals surface area contributed by atoms with E-state index in [4.69, 9.17) is 13.9 Å². The van der Waals surface area contributed by atoms with Crippen molar-refractivity contribution in [3.8, 4) is 0 Å². The van der Waals surface area contributed by atoms with E-state index in [9.17, 15) is 0 Å². The van der Waals surface area contributed by atoms with E-state index in [1.54, 1.807) is 0 Å². The first kappa shape index (κ1) is 16.1. The van der Waals surface area contributed by atoms with Crippen molar-refractivity contribution in [2.45, 2.75) is 45.8 Å². The summed E-state index contributed by atoms with van der Waals surface area (Å²) in [6.07, 6.45) is 0. The lowest BCUT2D eigenvalue weighted by Crippen LogP contribution is -2.40. The Balaban J connectivity index is 4.09. The van der Waals surface area contributed by atoms with Crippen LogP contribution in [0.25, 0.3) is 0 Å². The first-order chi connectivity index (χ1) is 7.74. The molecule has 0 N–H and O–H groups in total. The fraction of sp³-hybridized carbons (Fsp3) is 1.00. The van der Waals surface area contributed by atoms with Crippen molar-refractivity contribution >= 4 is 8.32 Å². The van der Waals surface area contributed by atoms with E-state index in [1.165, 1.54) is 0 Å². The standard InChI is InChI=1S/C12H28O3Si/c1-5-13-9-11-16(8-4,15-7-3)12-10-14-6-2/h5-12H2,1-4H3. The largest absolute Gasteiger partial charge is 0.417 e. The number of rotatable bonds is 11. The molecule has 0 aliphatic heterocycles. The molecule has 0 atom stereocenters. The lowest BCUT2D eigenvalue weighted by molar-refractivity contribution is 0.147. The normalized spacial score (nSPS) is 12.0. The van der Waals surface area contributed by atoms with E-state index in [2.05, 4.69) is 13.8 Å². The van der Waals surface area contributed by atoms with E-state index in [-0.39, 0.29) is 0 Å². The van der Waals surface area contributed by atoms with Gasteiger partial charge in [0.15, 0.2) is 8.32 Å². The summed E-state index contributed by atoms with van der Waals surface area (Å²) in [5.41, 5.74) is 0. The Hall–Kier alpha value is 0.0969. The van der Waals surface area contributed by atoms with E-state index >= 15 is 0 Å². The molecule has 0 saturated heterocycles. The van der Waals surface area contributed by atoms with E-state index in [0.717, 1.165) is 51.2 Å². The van der Waals surface area contributed by atoms with Gasteiger partial charge >= 0.3 is 0 Å². The van der Waals surface area contributed by atoms with Gasteiger partial charge in [0, 0.05) is 33.0 Å². The Morgan fingerprint density at radius 3 is 1.56 bits per heavy atom. The summed E-state index contributed by atoms with van der Waals surface area (Å²) < 4.78 is 17.0. The summed E-state index contributed by atoms with van der Waals surface area (Å²) in [5.74, 6) is 0. The average molecular weight is 248 g/mol. The Morgan fingerprint density at radius 1 is 0.750 bits per heavy atom. The first-order valence-corrected chi connectivity index (χ1v) is 9.07. The summed E-state index contributed by atoms with van der Waals surface area (Å²) in [6.45, 7) is 12.5. The molecule has 0 aromatic carbocycles. The van der Waals surface area contributed by atoms with Crippen LogP contribution in [-0.2, 0) is 13.9 Å². The second kappa shape index (κ2) is 10.3. The molecular weight excluding hydrogens is 220 g/mol. The Morgan fingerprint density at radius 2 is 1.25 bits per heavy atom. The van der Waals surface area contributed by atoms with Gasteiger partial charge in [0.2, 0.25) is 0 Å². The highest BCUT2D eigenvalue weighted by atomic mass is 28.4. The van der Waals surface area contributed by atoms with E-state index < -0.39 is 8.32 Å². The highest BCUT2D eigenvalue weighted by Gasteiger charge is 2.31. The monoisotopic (exact) mass is 248 g/mol. The minimum Gasteiger partial charge on any atom is -0.417 e. The molecular formula is C12H28O3Si. The van der Waals surface area contributed by atoms with E-state index in [0.29, 0.717) is 0 Å². The molecule has 98 valence electrons. The van der Waals surface area contributed by atoms with Gasteiger partial charge in [-0.3, -0.25) is 0 Å². The number of hydrogen-bond donors (Lipinski definition) is 0.